The van der Waals surface area contributed by atoms with Gasteiger partial charge in [-0.3, -0.25) is 0 Å². The molecule has 5 nitrogen and oxygen atoms in total. The summed E-state index contributed by atoms with van der Waals surface area (Å²) in [7, 11) is 0. The van der Waals surface area contributed by atoms with Crippen LogP contribution in [0.25, 0.3) is 111 Å². The molecule has 3 heterocycles. The minimum absolute atomic E-state index is 0.629. The fraction of sp³-hybridized carbons (Fsp3) is 0. The average molecular weight is 792 g/mol. The number of rotatable bonds is 7. The third kappa shape index (κ3) is 5.98. The molecule has 0 amide bonds. The summed E-state index contributed by atoms with van der Waals surface area (Å²) in [4.78, 5) is 15.1. The van der Waals surface area contributed by atoms with Crippen molar-refractivity contribution in [3.8, 4) is 67.8 Å². The van der Waals surface area contributed by atoms with Crippen LogP contribution < -0.4 is 0 Å². The third-order valence-electron chi connectivity index (χ3n) is 12.0. The van der Waals surface area contributed by atoms with E-state index in [1.807, 2.05) is 60.7 Å². The molecule has 12 rings (SSSR count). The minimum atomic E-state index is 0.629. The SMILES string of the molecule is c1ccc(-c2nc(-c3ccccc3)nc(-c3cccc(-c4cccc5c4c4cc(-c6ccc7c8ccccc8n(-c8ccccc8)c7c6)ccc4n5-c4ccccc4)c3)n2)cc1. The number of fused-ring (bicyclic) bond motifs is 6. The molecule has 0 unspecified atom stereocenters. The van der Waals surface area contributed by atoms with E-state index in [0.29, 0.717) is 17.5 Å². The van der Waals surface area contributed by atoms with Crippen LogP contribution in [0, 0.1) is 0 Å². The first-order chi connectivity index (χ1) is 30.7. The van der Waals surface area contributed by atoms with Gasteiger partial charge in [0.25, 0.3) is 0 Å². The Hall–Kier alpha value is -8.41. The van der Waals surface area contributed by atoms with Crippen molar-refractivity contribution >= 4 is 43.6 Å². The highest BCUT2D eigenvalue weighted by Gasteiger charge is 2.20. The van der Waals surface area contributed by atoms with Gasteiger partial charge in [0, 0.05) is 49.6 Å². The van der Waals surface area contributed by atoms with Gasteiger partial charge in [-0.25, -0.2) is 15.0 Å². The van der Waals surface area contributed by atoms with Gasteiger partial charge in [0.15, 0.2) is 17.5 Å². The Bertz CT molecular complexity index is 3550. The van der Waals surface area contributed by atoms with Gasteiger partial charge >= 0.3 is 0 Å². The lowest BCUT2D eigenvalue weighted by atomic mass is 9.96. The molecule has 0 aliphatic rings. The van der Waals surface area contributed by atoms with Gasteiger partial charge in [-0.1, -0.05) is 164 Å². The van der Waals surface area contributed by atoms with Crippen molar-refractivity contribution in [1.82, 2.24) is 24.1 Å². The lowest BCUT2D eigenvalue weighted by molar-refractivity contribution is 1.07. The molecule has 0 spiro atoms. The summed E-state index contributed by atoms with van der Waals surface area (Å²) in [6, 6.07) is 79.4. The molecular formula is C57H37N5. The number of aromatic nitrogens is 5. The van der Waals surface area contributed by atoms with Crippen LogP contribution in [0.2, 0.25) is 0 Å². The van der Waals surface area contributed by atoms with Crippen molar-refractivity contribution in [3.05, 3.63) is 224 Å². The first-order valence-corrected chi connectivity index (χ1v) is 20.9. The second kappa shape index (κ2) is 14.7. The number of benzene rings is 9. The molecule has 0 fully saturated rings. The standard InChI is InChI=1S/C57H37N5/c1-5-17-38(18-6-1)55-58-56(39-19-7-2-8-20-39)60-57(59-55)43-22-15-21-42(35-43)46-28-16-30-52-54(46)49-36-40(32-34-51(49)61(52)44-23-9-3-10-24-44)41-31-33-48-47-27-13-14-29-50(47)62(53(48)37-41)45-25-11-4-12-26-45/h1-37H. The van der Waals surface area contributed by atoms with Crippen molar-refractivity contribution < 1.29 is 0 Å². The summed E-state index contributed by atoms with van der Waals surface area (Å²) < 4.78 is 4.78. The van der Waals surface area contributed by atoms with Crippen molar-refractivity contribution in [2.24, 2.45) is 0 Å². The monoisotopic (exact) mass is 791 g/mol. The van der Waals surface area contributed by atoms with Gasteiger partial charge in [0.1, 0.15) is 0 Å². The summed E-state index contributed by atoms with van der Waals surface area (Å²) >= 11 is 0. The van der Waals surface area contributed by atoms with Crippen LogP contribution in [0.1, 0.15) is 0 Å². The van der Waals surface area contributed by atoms with E-state index in [2.05, 4.69) is 173 Å². The Kier molecular flexibility index (Phi) is 8.42. The summed E-state index contributed by atoms with van der Waals surface area (Å²) in [6.07, 6.45) is 0. The molecule has 0 saturated carbocycles. The zero-order valence-electron chi connectivity index (χ0n) is 33.6. The van der Waals surface area contributed by atoms with Crippen LogP contribution in [-0.4, -0.2) is 24.1 Å². The largest absolute Gasteiger partial charge is 0.309 e. The first-order valence-electron chi connectivity index (χ1n) is 20.9. The number of nitrogens with zero attached hydrogens (tertiary/aromatic N) is 5. The highest BCUT2D eigenvalue weighted by atomic mass is 15.0. The fourth-order valence-electron chi connectivity index (χ4n) is 9.11. The Morgan fingerprint density at radius 2 is 0.726 bits per heavy atom. The predicted octanol–water partition coefficient (Wildman–Crippen LogP) is 14.4. The Morgan fingerprint density at radius 1 is 0.258 bits per heavy atom. The van der Waals surface area contributed by atoms with E-state index >= 15 is 0 Å². The van der Waals surface area contributed by atoms with Gasteiger partial charge in [-0.2, -0.15) is 0 Å². The summed E-state index contributed by atoms with van der Waals surface area (Å²) in [6.45, 7) is 0. The zero-order chi connectivity index (χ0) is 41.0. The van der Waals surface area contributed by atoms with Gasteiger partial charge in [0.05, 0.1) is 22.1 Å². The summed E-state index contributed by atoms with van der Waals surface area (Å²) in [5, 5.41) is 4.86. The molecule has 9 aromatic carbocycles. The van der Waals surface area contributed by atoms with E-state index < -0.39 is 0 Å². The maximum Gasteiger partial charge on any atom is 0.164 e. The molecule has 3 aromatic heterocycles. The molecule has 290 valence electrons. The molecule has 0 saturated heterocycles. The predicted molar refractivity (Wildman–Crippen MR) is 256 cm³/mol. The van der Waals surface area contributed by atoms with Gasteiger partial charge in [-0.15, -0.1) is 0 Å². The molecule has 12 aromatic rings. The van der Waals surface area contributed by atoms with Crippen LogP contribution in [0.5, 0.6) is 0 Å². The van der Waals surface area contributed by atoms with Gasteiger partial charge in [-0.05, 0) is 82.9 Å². The van der Waals surface area contributed by atoms with Crippen molar-refractivity contribution in [1.29, 1.82) is 0 Å². The smallest absolute Gasteiger partial charge is 0.164 e. The summed E-state index contributed by atoms with van der Waals surface area (Å²) in [5.74, 6) is 1.91. The molecule has 62 heavy (non-hydrogen) atoms. The maximum atomic E-state index is 5.07. The van der Waals surface area contributed by atoms with E-state index in [4.69, 9.17) is 15.0 Å². The van der Waals surface area contributed by atoms with Crippen LogP contribution in [0.15, 0.2) is 224 Å². The molecule has 0 radical (unpaired) electrons. The van der Waals surface area contributed by atoms with Gasteiger partial charge < -0.3 is 9.13 Å². The van der Waals surface area contributed by atoms with Crippen molar-refractivity contribution in [2.45, 2.75) is 0 Å². The second-order valence-electron chi connectivity index (χ2n) is 15.6. The maximum absolute atomic E-state index is 5.07. The summed E-state index contributed by atoms with van der Waals surface area (Å²) in [5.41, 5.74) is 14.3. The Balaban J connectivity index is 1.06. The Labute approximate surface area is 358 Å². The van der Waals surface area contributed by atoms with Crippen LogP contribution in [-0.2, 0) is 0 Å². The topological polar surface area (TPSA) is 48.5 Å². The molecule has 5 heteroatoms. The van der Waals surface area contributed by atoms with E-state index in [1.54, 1.807) is 0 Å². The molecule has 0 bridgehead atoms. The highest BCUT2D eigenvalue weighted by Crippen LogP contribution is 2.42. The normalized spacial score (nSPS) is 11.5. The third-order valence-corrected chi connectivity index (χ3v) is 12.0. The number of para-hydroxylation sites is 3. The molecule has 0 N–H and O–H groups in total. The van der Waals surface area contributed by atoms with Crippen LogP contribution >= 0.6 is 0 Å². The van der Waals surface area contributed by atoms with Crippen molar-refractivity contribution in [2.75, 3.05) is 0 Å². The first kappa shape index (κ1) is 35.5. The molecule has 0 aliphatic heterocycles. The highest BCUT2D eigenvalue weighted by molar-refractivity contribution is 6.17. The van der Waals surface area contributed by atoms with E-state index in [1.165, 1.54) is 32.6 Å². The minimum Gasteiger partial charge on any atom is -0.309 e. The van der Waals surface area contributed by atoms with Gasteiger partial charge in [0.2, 0.25) is 0 Å². The quantitative estimate of drug-likeness (QED) is 0.162. The van der Waals surface area contributed by atoms with E-state index in [0.717, 1.165) is 61.4 Å². The van der Waals surface area contributed by atoms with E-state index in [-0.39, 0.29) is 0 Å². The Morgan fingerprint density at radius 3 is 1.40 bits per heavy atom. The van der Waals surface area contributed by atoms with Crippen molar-refractivity contribution in [3.63, 3.8) is 0 Å². The molecule has 0 atom stereocenters. The molecular weight excluding hydrogens is 755 g/mol. The second-order valence-corrected chi connectivity index (χ2v) is 15.6. The lowest BCUT2D eigenvalue weighted by Gasteiger charge is -2.11. The number of hydrogen-bond acceptors (Lipinski definition) is 3. The average Bonchev–Trinajstić information content (AvgIpc) is 3.87. The van der Waals surface area contributed by atoms with E-state index in [9.17, 15) is 0 Å². The fourth-order valence-corrected chi connectivity index (χ4v) is 9.11. The van der Waals surface area contributed by atoms with Crippen LogP contribution in [0.4, 0.5) is 0 Å². The zero-order valence-corrected chi connectivity index (χ0v) is 33.6. The number of hydrogen-bond donors (Lipinski definition) is 0. The lowest BCUT2D eigenvalue weighted by Crippen LogP contribution is -2.00. The molecule has 0 aliphatic carbocycles. The van der Waals surface area contributed by atoms with Crippen LogP contribution in [0.3, 0.4) is 0 Å².